The molecule has 5 nitrogen and oxygen atoms in total. The second-order valence-corrected chi connectivity index (χ2v) is 4.89. The van der Waals surface area contributed by atoms with Crippen molar-refractivity contribution in [2.45, 2.75) is 12.8 Å². The zero-order valence-corrected chi connectivity index (χ0v) is 10.8. The summed E-state index contributed by atoms with van der Waals surface area (Å²) in [5.41, 5.74) is 6.61. The lowest BCUT2D eigenvalue weighted by atomic mass is 10.1. The standard InChI is InChI=1S/C14H18N4O/c15-14-17-12-4-2-1-3-11(12)13(18-14)16-7-5-10-6-8-19-9-10/h1-4,10H,5-9H2,(H3,15,16,17,18). The fraction of sp³-hybridized carbons (Fsp3) is 0.429. The van der Waals surface area contributed by atoms with E-state index in [0.29, 0.717) is 11.9 Å². The van der Waals surface area contributed by atoms with E-state index >= 15 is 0 Å². The van der Waals surface area contributed by atoms with Gasteiger partial charge in [0.1, 0.15) is 5.82 Å². The Hall–Kier alpha value is -1.88. The van der Waals surface area contributed by atoms with E-state index in [4.69, 9.17) is 10.5 Å². The van der Waals surface area contributed by atoms with Crippen LogP contribution in [0.4, 0.5) is 11.8 Å². The van der Waals surface area contributed by atoms with Gasteiger partial charge in [-0.15, -0.1) is 0 Å². The third-order valence-electron chi connectivity index (χ3n) is 3.49. The summed E-state index contributed by atoms with van der Waals surface area (Å²) in [5.74, 6) is 1.80. The molecule has 100 valence electrons. The number of nitrogens with zero attached hydrogens (tertiary/aromatic N) is 2. The lowest BCUT2D eigenvalue weighted by Gasteiger charge is -2.11. The van der Waals surface area contributed by atoms with Crippen LogP contribution in [0.15, 0.2) is 24.3 Å². The summed E-state index contributed by atoms with van der Waals surface area (Å²) in [6.45, 7) is 2.66. The summed E-state index contributed by atoms with van der Waals surface area (Å²) in [4.78, 5) is 8.52. The summed E-state index contributed by atoms with van der Waals surface area (Å²) in [7, 11) is 0. The van der Waals surface area contributed by atoms with Gasteiger partial charge in [-0.25, -0.2) is 4.98 Å². The Labute approximate surface area is 112 Å². The number of para-hydroxylation sites is 1. The van der Waals surface area contributed by atoms with Crippen molar-refractivity contribution in [3.05, 3.63) is 24.3 Å². The molecule has 1 aromatic heterocycles. The van der Waals surface area contributed by atoms with E-state index < -0.39 is 0 Å². The van der Waals surface area contributed by atoms with Gasteiger partial charge in [0, 0.05) is 25.1 Å². The largest absolute Gasteiger partial charge is 0.381 e. The van der Waals surface area contributed by atoms with Gasteiger partial charge in [-0.05, 0) is 30.9 Å². The van der Waals surface area contributed by atoms with Crippen LogP contribution >= 0.6 is 0 Å². The molecule has 1 aliphatic rings. The molecule has 2 heterocycles. The Balaban J connectivity index is 1.72. The first-order valence-electron chi connectivity index (χ1n) is 6.67. The molecule has 3 N–H and O–H groups in total. The highest BCUT2D eigenvalue weighted by Crippen LogP contribution is 2.22. The van der Waals surface area contributed by atoms with Gasteiger partial charge in [-0.2, -0.15) is 4.98 Å². The minimum Gasteiger partial charge on any atom is -0.381 e. The van der Waals surface area contributed by atoms with Crippen molar-refractivity contribution in [1.82, 2.24) is 9.97 Å². The number of nitrogens with one attached hydrogen (secondary N) is 1. The fourth-order valence-corrected chi connectivity index (χ4v) is 2.44. The van der Waals surface area contributed by atoms with E-state index in [0.717, 1.165) is 49.3 Å². The second-order valence-electron chi connectivity index (χ2n) is 4.89. The summed E-state index contributed by atoms with van der Waals surface area (Å²) in [5, 5.41) is 4.38. The first-order chi connectivity index (χ1) is 9.33. The van der Waals surface area contributed by atoms with Gasteiger partial charge in [-0.1, -0.05) is 12.1 Å². The van der Waals surface area contributed by atoms with Crippen LogP contribution in [-0.2, 0) is 4.74 Å². The molecule has 3 rings (SSSR count). The summed E-state index contributed by atoms with van der Waals surface area (Å²) in [6, 6.07) is 7.89. The van der Waals surface area contributed by atoms with Crippen LogP contribution in [0.2, 0.25) is 0 Å². The monoisotopic (exact) mass is 258 g/mol. The predicted molar refractivity (Wildman–Crippen MR) is 76.0 cm³/mol. The fourth-order valence-electron chi connectivity index (χ4n) is 2.44. The van der Waals surface area contributed by atoms with Gasteiger partial charge >= 0.3 is 0 Å². The molecule has 5 heteroatoms. The number of rotatable bonds is 4. The average molecular weight is 258 g/mol. The van der Waals surface area contributed by atoms with Crippen molar-refractivity contribution in [3.8, 4) is 0 Å². The lowest BCUT2D eigenvalue weighted by molar-refractivity contribution is 0.185. The third kappa shape index (κ3) is 2.76. The lowest BCUT2D eigenvalue weighted by Crippen LogP contribution is -2.11. The molecule has 1 aromatic carbocycles. The predicted octanol–water partition coefficient (Wildman–Crippen LogP) is 2.05. The van der Waals surface area contributed by atoms with E-state index in [1.807, 2.05) is 24.3 Å². The van der Waals surface area contributed by atoms with Crippen molar-refractivity contribution < 1.29 is 4.74 Å². The summed E-state index contributed by atoms with van der Waals surface area (Å²) < 4.78 is 5.38. The smallest absolute Gasteiger partial charge is 0.222 e. The molecule has 1 atom stereocenters. The number of nitrogen functional groups attached to an aromatic ring is 1. The SMILES string of the molecule is Nc1nc(NCCC2CCOC2)c2ccccc2n1. The van der Waals surface area contributed by atoms with Crippen molar-refractivity contribution in [2.75, 3.05) is 30.8 Å². The average Bonchev–Trinajstić information content (AvgIpc) is 2.91. The van der Waals surface area contributed by atoms with E-state index in [9.17, 15) is 0 Å². The van der Waals surface area contributed by atoms with Gasteiger partial charge in [-0.3, -0.25) is 0 Å². The number of anilines is 2. The van der Waals surface area contributed by atoms with Gasteiger partial charge in [0.15, 0.2) is 0 Å². The highest BCUT2D eigenvalue weighted by molar-refractivity contribution is 5.89. The molecule has 19 heavy (non-hydrogen) atoms. The first kappa shape index (κ1) is 12.2. The molecule has 0 saturated carbocycles. The van der Waals surface area contributed by atoms with Crippen LogP contribution in [0.5, 0.6) is 0 Å². The molecular weight excluding hydrogens is 240 g/mol. The Morgan fingerprint density at radius 1 is 1.32 bits per heavy atom. The molecular formula is C14H18N4O. The number of fused-ring (bicyclic) bond motifs is 1. The van der Waals surface area contributed by atoms with Crippen molar-refractivity contribution in [1.29, 1.82) is 0 Å². The maximum atomic E-state index is 5.74. The van der Waals surface area contributed by atoms with E-state index in [-0.39, 0.29) is 0 Å². The van der Waals surface area contributed by atoms with Crippen LogP contribution in [0.3, 0.4) is 0 Å². The summed E-state index contributed by atoms with van der Waals surface area (Å²) in [6.07, 6.45) is 2.26. The Morgan fingerprint density at radius 2 is 2.21 bits per heavy atom. The number of nitrogens with two attached hydrogens (primary N) is 1. The molecule has 1 unspecified atom stereocenters. The van der Waals surface area contributed by atoms with Crippen LogP contribution in [0, 0.1) is 5.92 Å². The zero-order valence-electron chi connectivity index (χ0n) is 10.8. The first-order valence-corrected chi connectivity index (χ1v) is 6.67. The van der Waals surface area contributed by atoms with Crippen LogP contribution in [0.1, 0.15) is 12.8 Å². The zero-order chi connectivity index (χ0) is 13.1. The van der Waals surface area contributed by atoms with Gasteiger partial charge in [0.05, 0.1) is 5.52 Å². The molecule has 1 saturated heterocycles. The quantitative estimate of drug-likeness (QED) is 0.878. The van der Waals surface area contributed by atoms with Gasteiger partial charge in [0.25, 0.3) is 0 Å². The Kier molecular flexibility index (Phi) is 3.46. The molecule has 1 fully saturated rings. The van der Waals surface area contributed by atoms with Crippen molar-refractivity contribution >= 4 is 22.7 Å². The van der Waals surface area contributed by atoms with Crippen molar-refractivity contribution in [2.24, 2.45) is 5.92 Å². The maximum Gasteiger partial charge on any atom is 0.222 e. The molecule has 2 aromatic rings. The Morgan fingerprint density at radius 3 is 3.05 bits per heavy atom. The number of hydrogen-bond acceptors (Lipinski definition) is 5. The molecule has 0 radical (unpaired) electrons. The van der Waals surface area contributed by atoms with Crippen molar-refractivity contribution in [3.63, 3.8) is 0 Å². The highest BCUT2D eigenvalue weighted by Gasteiger charge is 2.15. The second kappa shape index (κ2) is 5.40. The third-order valence-corrected chi connectivity index (χ3v) is 3.49. The molecule has 0 bridgehead atoms. The van der Waals surface area contributed by atoms with E-state index in [1.165, 1.54) is 0 Å². The molecule has 0 amide bonds. The number of aromatic nitrogens is 2. The van der Waals surface area contributed by atoms with Crippen LogP contribution < -0.4 is 11.1 Å². The minimum absolute atomic E-state index is 0.311. The van der Waals surface area contributed by atoms with Gasteiger partial charge < -0.3 is 15.8 Å². The Bertz CT molecular complexity index is 566. The molecule has 0 aliphatic carbocycles. The number of benzene rings is 1. The van der Waals surface area contributed by atoms with E-state index in [2.05, 4.69) is 15.3 Å². The minimum atomic E-state index is 0.311. The van der Waals surface area contributed by atoms with Crippen LogP contribution in [0.25, 0.3) is 10.9 Å². The van der Waals surface area contributed by atoms with E-state index in [1.54, 1.807) is 0 Å². The van der Waals surface area contributed by atoms with Gasteiger partial charge in [0.2, 0.25) is 5.95 Å². The topological polar surface area (TPSA) is 73.1 Å². The number of ether oxygens (including phenoxy) is 1. The molecule has 1 aliphatic heterocycles. The molecule has 0 spiro atoms. The summed E-state index contributed by atoms with van der Waals surface area (Å²) >= 11 is 0. The highest BCUT2D eigenvalue weighted by atomic mass is 16.5. The van der Waals surface area contributed by atoms with Crippen LogP contribution in [-0.4, -0.2) is 29.7 Å². The maximum absolute atomic E-state index is 5.74. The number of hydrogen-bond donors (Lipinski definition) is 2. The normalized spacial score (nSPS) is 18.8.